The van der Waals surface area contributed by atoms with Gasteiger partial charge in [-0.25, -0.2) is 4.39 Å². The fourth-order valence-corrected chi connectivity index (χ4v) is 4.37. The Balaban J connectivity index is 1.80. The molecular weight excluding hydrogens is 415 g/mol. The van der Waals surface area contributed by atoms with Crippen LogP contribution >= 0.6 is 0 Å². The number of phenolic OH excluding ortho intramolecular Hbond substituents is 3. The molecule has 3 nitrogen and oxygen atoms in total. The number of benzene rings is 4. The molecule has 168 valence electrons. The Bertz CT molecular complexity index is 1210. The molecule has 4 aromatic carbocycles. The highest BCUT2D eigenvalue weighted by Crippen LogP contribution is 2.41. The van der Waals surface area contributed by atoms with Crippen molar-refractivity contribution in [2.75, 3.05) is 0 Å². The van der Waals surface area contributed by atoms with Crippen LogP contribution in [0.3, 0.4) is 0 Å². The Morgan fingerprint density at radius 1 is 0.515 bits per heavy atom. The van der Waals surface area contributed by atoms with Crippen molar-refractivity contribution < 1.29 is 19.7 Å². The smallest absolute Gasteiger partial charge is 0.165 e. The van der Waals surface area contributed by atoms with Crippen LogP contribution in [0.4, 0.5) is 4.39 Å². The molecule has 4 heteroatoms. The zero-order valence-electron chi connectivity index (χ0n) is 18.9. The number of hydrogen-bond donors (Lipinski definition) is 3. The first kappa shape index (κ1) is 22.4. The lowest BCUT2D eigenvalue weighted by atomic mass is 9.70. The SMILES string of the molecule is CC(C)(c1ccc(C(C)(c2ccc(O)cc2)c2ccc(O)cc2)cc1)c1ccc(O)c(F)c1. The van der Waals surface area contributed by atoms with Gasteiger partial charge in [-0.15, -0.1) is 0 Å². The maximum absolute atomic E-state index is 14.0. The van der Waals surface area contributed by atoms with Crippen molar-refractivity contribution in [3.8, 4) is 17.2 Å². The first-order chi connectivity index (χ1) is 15.6. The van der Waals surface area contributed by atoms with Gasteiger partial charge in [0.15, 0.2) is 11.6 Å². The summed E-state index contributed by atoms with van der Waals surface area (Å²) in [6.45, 7) is 6.15. The number of rotatable bonds is 5. The van der Waals surface area contributed by atoms with Gasteiger partial charge < -0.3 is 15.3 Å². The third-order valence-electron chi connectivity index (χ3n) is 6.74. The Kier molecular flexibility index (Phi) is 5.62. The average Bonchev–Trinajstić information content (AvgIpc) is 2.81. The van der Waals surface area contributed by atoms with Gasteiger partial charge >= 0.3 is 0 Å². The summed E-state index contributed by atoms with van der Waals surface area (Å²) in [5.41, 5.74) is 3.81. The van der Waals surface area contributed by atoms with Crippen molar-refractivity contribution in [1.29, 1.82) is 0 Å². The highest BCUT2D eigenvalue weighted by molar-refractivity contribution is 5.52. The minimum Gasteiger partial charge on any atom is -0.508 e. The topological polar surface area (TPSA) is 60.7 Å². The van der Waals surface area contributed by atoms with Crippen LogP contribution in [0.15, 0.2) is 91.0 Å². The van der Waals surface area contributed by atoms with E-state index in [1.807, 2.05) is 50.2 Å². The van der Waals surface area contributed by atoms with Crippen LogP contribution in [0.2, 0.25) is 0 Å². The summed E-state index contributed by atoms with van der Waals surface area (Å²) in [4.78, 5) is 0. The fourth-order valence-electron chi connectivity index (χ4n) is 4.37. The molecule has 0 fully saturated rings. The van der Waals surface area contributed by atoms with E-state index < -0.39 is 16.6 Å². The lowest BCUT2D eigenvalue weighted by Gasteiger charge is -2.33. The van der Waals surface area contributed by atoms with Gasteiger partial charge in [-0.05, 0) is 71.1 Å². The first-order valence-electron chi connectivity index (χ1n) is 10.8. The number of hydrogen-bond acceptors (Lipinski definition) is 3. The lowest BCUT2D eigenvalue weighted by molar-refractivity contribution is 0.430. The number of halogens is 1. The van der Waals surface area contributed by atoms with Gasteiger partial charge in [-0.1, -0.05) is 68.4 Å². The maximum atomic E-state index is 14.0. The molecule has 0 saturated heterocycles. The molecule has 0 atom stereocenters. The van der Waals surface area contributed by atoms with Crippen molar-refractivity contribution in [3.63, 3.8) is 0 Å². The van der Waals surface area contributed by atoms with E-state index in [2.05, 4.69) is 19.1 Å². The van der Waals surface area contributed by atoms with E-state index in [1.54, 1.807) is 30.3 Å². The van der Waals surface area contributed by atoms with E-state index in [0.717, 1.165) is 27.8 Å². The third-order valence-corrected chi connectivity index (χ3v) is 6.74. The van der Waals surface area contributed by atoms with Gasteiger partial charge in [-0.2, -0.15) is 0 Å². The van der Waals surface area contributed by atoms with E-state index in [0.29, 0.717) is 0 Å². The molecule has 0 amide bonds. The number of aromatic hydroxyl groups is 3. The molecular formula is C29H27FO3. The summed E-state index contributed by atoms with van der Waals surface area (Å²) in [5.74, 6) is -0.594. The molecule has 0 unspecified atom stereocenters. The second-order valence-electron chi connectivity index (χ2n) is 9.09. The van der Waals surface area contributed by atoms with Crippen LogP contribution in [0.25, 0.3) is 0 Å². The Hall–Kier alpha value is -3.79. The summed E-state index contributed by atoms with van der Waals surface area (Å²) in [6.07, 6.45) is 0. The molecule has 0 aliphatic carbocycles. The highest BCUT2D eigenvalue weighted by Gasteiger charge is 2.32. The van der Waals surface area contributed by atoms with Crippen LogP contribution < -0.4 is 0 Å². The predicted octanol–water partition coefficient (Wildman–Crippen LogP) is 6.62. The van der Waals surface area contributed by atoms with Crippen molar-refractivity contribution in [3.05, 3.63) is 125 Å². The van der Waals surface area contributed by atoms with Crippen LogP contribution in [0, 0.1) is 5.82 Å². The fraction of sp³-hybridized carbons (Fsp3) is 0.172. The van der Waals surface area contributed by atoms with E-state index in [1.165, 1.54) is 12.1 Å². The summed E-state index contributed by atoms with van der Waals surface area (Å²) >= 11 is 0. The molecule has 33 heavy (non-hydrogen) atoms. The van der Waals surface area contributed by atoms with Gasteiger partial charge in [0.1, 0.15) is 11.5 Å². The average molecular weight is 443 g/mol. The molecule has 4 rings (SSSR count). The van der Waals surface area contributed by atoms with E-state index in [-0.39, 0.29) is 17.2 Å². The molecule has 0 bridgehead atoms. The zero-order valence-corrected chi connectivity index (χ0v) is 18.9. The Morgan fingerprint density at radius 2 is 0.879 bits per heavy atom. The minimum atomic E-state index is -0.635. The van der Waals surface area contributed by atoms with E-state index in [4.69, 9.17) is 0 Å². The highest BCUT2D eigenvalue weighted by atomic mass is 19.1. The van der Waals surface area contributed by atoms with Crippen molar-refractivity contribution in [2.45, 2.75) is 31.6 Å². The normalized spacial score (nSPS) is 12.0. The van der Waals surface area contributed by atoms with Gasteiger partial charge in [0.25, 0.3) is 0 Å². The zero-order chi connectivity index (χ0) is 23.8. The molecule has 0 radical (unpaired) electrons. The van der Waals surface area contributed by atoms with Crippen molar-refractivity contribution >= 4 is 0 Å². The van der Waals surface area contributed by atoms with Crippen LogP contribution in [0.5, 0.6) is 17.2 Å². The minimum absolute atomic E-state index is 0.199. The standard InChI is InChI=1S/C29H27FO3/c1-28(2,23-12-17-27(33)26(30)18-23)19-4-6-20(7-5-19)29(3,21-8-13-24(31)14-9-21)22-10-15-25(32)16-11-22/h4-18,31-33H,1-3H3. The molecule has 0 aliphatic rings. The van der Waals surface area contributed by atoms with E-state index in [9.17, 15) is 19.7 Å². The van der Waals surface area contributed by atoms with Gasteiger partial charge in [0.05, 0.1) is 0 Å². The molecule has 4 aromatic rings. The quantitative estimate of drug-likeness (QED) is 0.304. The Morgan fingerprint density at radius 3 is 1.30 bits per heavy atom. The first-order valence-corrected chi connectivity index (χ1v) is 10.8. The van der Waals surface area contributed by atoms with Gasteiger partial charge in [0, 0.05) is 10.8 Å². The Labute approximate surface area is 193 Å². The van der Waals surface area contributed by atoms with Crippen molar-refractivity contribution in [2.24, 2.45) is 0 Å². The largest absolute Gasteiger partial charge is 0.508 e. The van der Waals surface area contributed by atoms with Crippen molar-refractivity contribution in [1.82, 2.24) is 0 Å². The second kappa shape index (κ2) is 8.28. The monoisotopic (exact) mass is 442 g/mol. The van der Waals surface area contributed by atoms with Crippen LogP contribution in [-0.4, -0.2) is 15.3 Å². The van der Waals surface area contributed by atoms with Gasteiger partial charge in [-0.3, -0.25) is 0 Å². The molecule has 0 saturated carbocycles. The summed E-state index contributed by atoms with van der Waals surface area (Å²) in [7, 11) is 0. The van der Waals surface area contributed by atoms with Crippen LogP contribution in [0.1, 0.15) is 48.6 Å². The molecule has 0 heterocycles. The summed E-state index contributed by atoms with van der Waals surface area (Å²) in [5, 5.41) is 29.1. The predicted molar refractivity (Wildman–Crippen MR) is 128 cm³/mol. The molecule has 0 spiro atoms. The summed E-state index contributed by atoms with van der Waals surface area (Å²) < 4.78 is 14.0. The lowest BCUT2D eigenvalue weighted by Crippen LogP contribution is -2.26. The summed E-state index contributed by atoms with van der Waals surface area (Å²) in [6, 6.07) is 27.0. The molecule has 0 aliphatic heterocycles. The van der Waals surface area contributed by atoms with Gasteiger partial charge in [0.2, 0.25) is 0 Å². The maximum Gasteiger partial charge on any atom is 0.165 e. The third kappa shape index (κ3) is 4.05. The molecule has 3 N–H and O–H groups in total. The second-order valence-corrected chi connectivity index (χ2v) is 9.09. The van der Waals surface area contributed by atoms with E-state index >= 15 is 0 Å². The number of phenols is 3. The molecule has 0 aromatic heterocycles. The van der Waals surface area contributed by atoms with Crippen LogP contribution in [-0.2, 0) is 10.8 Å².